The van der Waals surface area contributed by atoms with Crippen LogP contribution < -0.4 is 15.6 Å². The fourth-order valence-corrected chi connectivity index (χ4v) is 7.22. The van der Waals surface area contributed by atoms with E-state index in [1.165, 1.54) is 21.8 Å². The summed E-state index contributed by atoms with van der Waals surface area (Å²) >= 11 is 0. The van der Waals surface area contributed by atoms with Crippen molar-refractivity contribution in [3.05, 3.63) is 224 Å². The van der Waals surface area contributed by atoms with Crippen LogP contribution in [0.1, 0.15) is 43.9 Å². The molecule has 1 heterocycles. The standard InChI is InChI=1S/C51H49N5/c1-8-13-23-37(6)38(7)54(51(53-52)39-24-16-15-17-25-39)48-32-22-29-44(43(48)11-4)47(12-5)55(40(10-3)26-14-9-2)41-33-35-42(36-34-41)56-49-30-20-18-27-45(49)46-28-19-21-31-50(46)56/h8-9,11-36H,1,4,6-7,10,52H2,2-3,5H3/b14-9-,23-13-,40-26+,47-12+,53-51-. The predicted molar refractivity (Wildman–Crippen MR) is 244 cm³/mol. The molecular formula is C51H49N5. The van der Waals surface area contributed by atoms with Crippen LogP contribution in [0.5, 0.6) is 0 Å². The number of nitrogens with zero attached hydrogens (tertiary/aromatic N) is 4. The Morgan fingerprint density at radius 1 is 0.750 bits per heavy atom. The van der Waals surface area contributed by atoms with Gasteiger partial charge in [-0.3, -0.25) is 4.90 Å². The van der Waals surface area contributed by atoms with Gasteiger partial charge in [-0.05, 0) is 74.4 Å². The van der Waals surface area contributed by atoms with Gasteiger partial charge in [-0.1, -0.05) is 155 Å². The fraction of sp³-hybridized carbons (Fsp3) is 0.0784. The first-order chi connectivity index (χ1) is 27.4. The number of para-hydroxylation sites is 2. The molecule has 2 N–H and O–H groups in total. The van der Waals surface area contributed by atoms with E-state index in [4.69, 9.17) is 5.84 Å². The fourth-order valence-electron chi connectivity index (χ4n) is 7.22. The maximum absolute atomic E-state index is 6.21. The van der Waals surface area contributed by atoms with Crippen molar-refractivity contribution in [1.82, 2.24) is 4.57 Å². The number of amidine groups is 1. The number of hydrogen-bond acceptors (Lipinski definition) is 3. The number of anilines is 2. The number of nitrogens with two attached hydrogens (primary N) is 1. The highest BCUT2D eigenvalue weighted by Crippen LogP contribution is 2.40. The van der Waals surface area contributed by atoms with Gasteiger partial charge in [0.25, 0.3) is 0 Å². The number of hydrazone groups is 1. The van der Waals surface area contributed by atoms with Gasteiger partial charge in [0.2, 0.25) is 0 Å². The summed E-state index contributed by atoms with van der Waals surface area (Å²) in [5, 5.41) is 6.80. The Balaban J connectivity index is 1.53. The van der Waals surface area contributed by atoms with Crippen LogP contribution >= 0.6 is 0 Å². The normalized spacial score (nSPS) is 12.4. The lowest BCUT2D eigenvalue weighted by Gasteiger charge is -2.33. The Bertz CT molecular complexity index is 2500. The summed E-state index contributed by atoms with van der Waals surface area (Å²) in [6, 6.07) is 42.1. The highest BCUT2D eigenvalue weighted by Gasteiger charge is 2.26. The smallest absolute Gasteiger partial charge is 0.164 e. The molecule has 0 radical (unpaired) electrons. The average Bonchev–Trinajstić information content (AvgIpc) is 3.58. The Kier molecular flexibility index (Phi) is 12.3. The van der Waals surface area contributed by atoms with Crippen LogP contribution in [0, 0.1) is 0 Å². The first-order valence-corrected chi connectivity index (χ1v) is 18.9. The van der Waals surface area contributed by atoms with Crippen LogP contribution in [-0.4, -0.2) is 10.4 Å². The lowest BCUT2D eigenvalue weighted by molar-refractivity contribution is 1.02. The second-order valence-electron chi connectivity index (χ2n) is 13.1. The average molecular weight is 732 g/mol. The molecule has 0 unspecified atom stereocenters. The molecule has 0 spiro atoms. The number of aromatic nitrogens is 1. The minimum atomic E-state index is 0.519. The van der Waals surface area contributed by atoms with Crippen LogP contribution in [0.2, 0.25) is 0 Å². The Morgan fingerprint density at radius 3 is 1.96 bits per heavy atom. The quantitative estimate of drug-likeness (QED) is 0.0399. The maximum atomic E-state index is 6.21. The Morgan fingerprint density at radius 2 is 1.39 bits per heavy atom. The number of allylic oxidation sites excluding steroid dienone is 8. The summed E-state index contributed by atoms with van der Waals surface area (Å²) < 4.78 is 2.34. The SMILES string of the molecule is C=C/C=C\C(=C)C(=C)N(/C(=N\N)c1ccccc1)c1cccc(/C(=C\C)N(/C(=C/C=C\C)CC)c2ccc(-n3c4ccccc4c4ccccc43)cc2)c1C=C. The molecule has 278 valence electrons. The van der Waals surface area contributed by atoms with Crippen molar-refractivity contribution >= 4 is 50.8 Å². The van der Waals surface area contributed by atoms with E-state index in [0.717, 1.165) is 51.6 Å². The highest BCUT2D eigenvalue weighted by molar-refractivity contribution is 6.14. The minimum absolute atomic E-state index is 0.519. The predicted octanol–water partition coefficient (Wildman–Crippen LogP) is 13.1. The van der Waals surface area contributed by atoms with Crippen LogP contribution in [0.3, 0.4) is 0 Å². The topological polar surface area (TPSA) is 49.8 Å². The van der Waals surface area contributed by atoms with E-state index in [9.17, 15) is 0 Å². The first-order valence-electron chi connectivity index (χ1n) is 18.9. The summed E-state index contributed by atoms with van der Waals surface area (Å²) in [6.07, 6.45) is 16.6. The summed E-state index contributed by atoms with van der Waals surface area (Å²) in [4.78, 5) is 4.29. The summed E-state index contributed by atoms with van der Waals surface area (Å²) in [7, 11) is 0. The van der Waals surface area contributed by atoms with Crippen LogP contribution in [0.15, 0.2) is 212 Å². The summed E-state index contributed by atoms with van der Waals surface area (Å²) in [5.41, 5.74) is 11.4. The molecule has 6 rings (SSSR count). The number of benzene rings is 5. The van der Waals surface area contributed by atoms with Crippen molar-refractivity contribution < 1.29 is 0 Å². The van der Waals surface area contributed by atoms with Crippen molar-refractivity contribution in [2.45, 2.75) is 27.2 Å². The third-order valence-corrected chi connectivity index (χ3v) is 9.84. The molecule has 0 bridgehead atoms. The molecule has 0 aliphatic carbocycles. The maximum Gasteiger partial charge on any atom is 0.164 e. The largest absolute Gasteiger partial charge is 0.321 e. The van der Waals surface area contributed by atoms with Gasteiger partial charge in [0, 0.05) is 55.9 Å². The molecule has 0 saturated heterocycles. The van der Waals surface area contributed by atoms with E-state index in [2.05, 4.69) is 158 Å². The van der Waals surface area contributed by atoms with Gasteiger partial charge in [-0.15, -0.1) is 0 Å². The third-order valence-electron chi connectivity index (χ3n) is 9.84. The molecule has 5 nitrogen and oxygen atoms in total. The molecule has 0 fully saturated rings. The molecule has 5 aromatic carbocycles. The minimum Gasteiger partial charge on any atom is -0.321 e. The molecule has 0 atom stereocenters. The highest BCUT2D eigenvalue weighted by atomic mass is 15.3. The van der Waals surface area contributed by atoms with Crippen molar-refractivity contribution in [2.24, 2.45) is 10.9 Å². The van der Waals surface area contributed by atoms with E-state index in [1.54, 1.807) is 6.08 Å². The Labute approximate surface area is 331 Å². The van der Waals surface area contributed by atoms with Gasteiger partial charge in [-0.2, -0.15) is 5.10 Å². The third kappa shape index (κ3) is 7.48. The van der Waals surface area contributed by atoms with Gasteiger partial charge in [0.05, 0.1) is 16.7 Å². The number of hydrogen-bond donors (Lipinski definition) is 1. The molecule has 0 amide bonds. The monoisotopic (exact) mass is 731 g/mol. The van der Waals surface area contributed by atoms with Crippen LogP contribution in [0.25, 0.3) is 39.3 Å². The van der Waals surface area contributed by atoms with Crippen molar-refractivity contribution in [1.29, 1.82) is 0 Å². The number of fused-ring (bicyclic) bond motifs is 3. The van der Waals surface area contributed by atoms with E-state index in [0.29, 0.717) is 17.1 Å². The van der Waals surface area contributed by atoms with Crippen molar-refractivity contribution in [2.75, 3.05) is 9.80 Å². The van der Waals surface area contributed by atoms with E-state index >= 15 is 0 Å². The van der Waals surface area contributed by atoms with Gasteiger partial charge >= 0.3 is 0 Å². The molecule has 6 aromatic rings. The van der Waals surface area contributed by atoms with Gasteiger partial charge < -0.3 is 15.3 Å². The molecule has 0 saturated carbocycles. The first kappa shape index (κ1) is 38.6. The molecular weight excluding hydrogens is 683 g/mol. The zero-order valence-corrected chi connectivity index (χ0v) is 32.6. The second kappa shape index (κ2) is 17.8. The molecule has 56 heavy (non-hydrogen) atoms. The van der Waals surface area contributed by atoms with Crippen LogP contribution in [-0.2, 0) is 0 Å². The number of rotatable bonds is 14. The zero-order valence-electron chi connectivity index (χ0n) is 32.6. The van der Waals surface area contributed by atoms with Crippen LogP contribution in [0.4, 0.5) is 11.4 Å². The van der Waals surface area contributed by atoms with Gasteiger partial charge in [-0.25, -0.2) is 0 Å². The molecule has 0 aliphatic heterocycles. The summed E-state index contributed by atoms with van der Waals surface area (Å²) in [6.45, 7) is 23.3. The lowest BCUT2D eigenvalue weighted by Crippen LogP contribution is -2.33. The van der Waals surface area contributed by atoms with E-state index in [1.807, 2.05) is 72.5 Å². The van der Waals surface area contributed by atoms with Crippen molar-refractivity contribution in [3.8, 4) is 5.69 Å². The van der Waals surface area contributed by atoms with Crippen molar-refractivity contribution in [3.63, 3.8) is 0 Å². The van der Waals surface area contributed by atoms with Gasteiger partial charge in [0.15, 0.2) is 5.84 Å². The second-order valence-corrected chi connectivity index (χ2v) is 13.1. The molecule has 1 aromatic heterocycles. The lowest BCUT2D eigenvalue weighted by atomic mass is 9.97. The van der Waals surface area contributed by atoms with E-state index in [-0.39, 0.29) is 0 Å². The van der Waals surface area contributed by atoms with Gasteiger partial charge in [0.1, 0.15) is 0 Å². The van der Waals surface area contributed by atoms with E-state index < -0.39 is 0 Å². The zero-order chi connectivity index (χ0) is 39.6. The molecule has 5 heteroatoms. The summed E-state index contributed by atoms with van der Waals surface area (Å²) in [5.74, 6) is 6.73. The molecule has 0 aliphatic rings. The Hall–Kier alpha value is -7.11.